The van der Waals surface area contributed by atoms with Crippen LogP contribution in [0.25, 0.3) is 0 Å². The first-order chi connectivity index (χ1) is 5.99. The Bertz CT molecular complexity index is 201. The second kappa shape index (κ2) is 3.66. The molecule has 1 amide bonds. The molecule has 1 aliphatic heterocycles. The summed E-state index contributed by atoms with van der Waals surface area (Å²) < 4.78 is 5.59. The Labute approximate surface area is 80.1 Å². The maximum absolute atomic E-state index is 11.4. The van der Waals surface area contributed by atoms with Crippen molar-refractivity contribution in [3.63, 3.8) is 0 Å². The molecular weight excluding hydrogens is 166 g/mol. The zero-order valence-electron chi connectivity index (χ0n) is 8.96. The normalized spacial score (nSPS) is 27.8. The fourth-order valence-electron chi connectivity index (χ4n) is 1.88. The molecule has 0 aromatic rings. The van der Waals surface area contributed by atoms with Gasteiger partial charge < -0.3 is 9.64 Å². The van der Waals surface area contributed by atoms with Gasteiger partial charge in [-0.05, 0) is 13.3 Å². The Morgan fingerprint density at radius 1 is 1.62 bits per heavy atom. The lowest BCUT2D eigenvalue weighted by Gasteiger charge is -2.43. The highest BCUT2D eigenvalue weighted by molar-refractivity contribution is 5.77. The van der Waals surface area contributed by atoms with Gasteiger partial charge in [-0.1, -0.05) is 13.8 Å². The largest absolute Gasteiger partial charge is 0.358 e. The summed E-state index contributed by atoms with van der Waals surface area (Å²) in [6.07, 6.45) is 1.51. The molecule has 13 heavy (non-hydrogen) atoms. The smallest absolute Gasteiger partial charge is 0.224 e. The van der Waals surface area contributed by atoms with Crippen molar-refractivity contribution in [2.75, 3.05) is 13.7 Å². The molecule has 0 aliphatic carbocycles. The molecule has 1 atom stereocenters. The van der Waals surface area contributed by atoms with Crippen molar-refractivity contribution in [2.45, 2.75) is 39.8 Å². The van der Waals surface area contributed by atoms with Crippen LogP contribution in [0.1, 0.15) is 33.6 Å². The van der Waals surface area contributed by atoms with Gasteiger partial charge >= 0.3 is 0 Å². The predicted molar refractivity (Wildman–Crippen MR) is 51.2 cm³/mol. The Balaban J connectivity index is 2.75. The van der Waals surface area contributed by atoms with Crippen molar-refractivity contribution < 1.29 is 9.53 Å². The standard InChI is InChI=1S/C10H19NO2/c1-5-13-9-10(2,3)7-6-8(12)11(9)4/h9H,5-7H2,1-4H3. The van der Waals surface area contributed by atoms with Crippen molar-refractivity contribution in [1.82, 2.24) is 4.90 Å². The molecule has 1 fully saturated rings. The highest BCUT2D eigenvalue weighted by Crippen LogP contribution is 2.35. The topological polar surface area (TPSA) is 29.5 Å². The van der Waals surface area contributed by atoms with Gasteiger partial charge in [-0.3, -0.25) is 4.79 Å². The SMILES string of the molecule is CCOC1N(C)C(=O)CCC1(C)C. The van der Waals surface area contributed by atoms with Gasteiger partial charge in [0.15, 0.2) is 0 Å². The lowest BCUT2D eigenvalue weighted by molar-refractivity contribution is -0.169. The number of carbonyl (C=O) groups is 1. The second-order valence-corrected chi connectivity index (χ2v) is 4.30. The average molecular weight is 185 g/mol. The molecule has 1 aliphatic rings. The minimum Gasteiger partial charge on any atom is -0.358 e. The van der Waals surface area contributed by atoms with Gasteiger partial charge in [0.2, 0.25) is 5.91 Å². The molecule has 1 heterocycles. The lowest BCUT2D eigenvalue weighted by Crippen LogP contribution is -2.52. The highest BCUT2D eigenvalue weighted by atomic mass is 16.5. The van der Waals surface area contributed by atoms with E-state index in [1.807, 2.05) is 14.0 Å². The summed E-state index contributed by atoms with van der Waals surface area (Å²) in [5.41, 5.74) is 0.0820. The van der Waals surface area contributed by atoms with Crippen LogP contribution in [0.2, 0.25) is 0 Å². The van der Waals surface area contributed by atoms with E-state index >= 15 is 0 Å². The number of ether oxygens (including phenoxy) is 1. The van der Waals surface area contributed by atoms with Gasteiger partial charge in [0, 0.05) is 25.5 Å². The molecule has 1 saturated heterocycles. The second-order valence-electron chi connectivity index (χ2n) is 4.30. The van der Waals surface area contributed by atoms with Crippen LogP contribution in [0.15, 0.2) is 0 Å². The van der Waals surface area contributed by atoms with Crippen molar-refractivity contribution in [3.8, 4) is 0 Å². The van der Waals surface area contributed by atoms with Gasteiger partial charge in [-0.2, -0.15) is 0 Å². The molecule has 76 valence electrons. The lowest BCUT2D eigenvalue weighted by atomic mass is 9.82. The number of rotatable bonds is 2. The minimum absolute atomic E-state index is 0.0567. The van der Waals surface area contributed by atoms with Crippen molar-refractivity contribution in [3.05, 3.63) is 0 Å². The summed E-state index contributed by atoms with van der Waals surface area (Å²) in [6, 6.07) is 0. The highest BCUT2D eigenvalue weighted by Gasteiger charge is 2.39. The molecule has 1 rings (SSSR count). The monoisotopic (exact) mass is 185 g/mol. The van der Waals surface area contributed by atoms with E-state index in [0.717, 1.165) is 6.42 Å². The zero-order valence-corrected chi connectivity index (χ0v) is 8.96. The first kappa shape index (κ1) is 10.5. The molecular formula is C10H19NO2. The maximum atomic E-state index is 11.4. The number of piperidine rings is 1. The fourth-order valence-corrected chi connectivity index (χ4v) is 1.88. The van der Waals surface area contributed by atoms with Gasteiger partial charge in [0.1, 0.15) is 6.23 Å². The minimum atomic E-state index is -0.0567. The number of carbonyl (C=O) groups excluding carboxylic acids is 1. The zero-order chi connectivity index (χ0) is 10.1. The molecule has 0 N–H and O–H groups in total. The number of nitrogens with zero attached hydrogens (tertiary/aromatic N) is 1. The predicted octanol–water partition coefficient (Wildman–Crippen LogP) is 1.63. The molecule has 0 radical (unpaired) electrons. The Hall–Kier alpha value is -0.570. The van der Waals surface area contributed by atoms with E-state index in [2.05, 4.69) is 13.8 Å². The van der Waals surface area contributed by atoms with Crippen molar-refractivity contribution >= 4 is 5.91 Å². The number of amides is 1. The van der Waals surface area contributed by atoms with E-state index in [4.69, 9.17) is 4.74 Å². The van der Waals surface area contributed by atoms with E-state index < -0.39 is 0 Å². The molecule has 0 bridgehead atoms. The van der Waals surface area contributed by atoms with Gasteiger partial charge in [-0.15, -0.1) is 0 Å². The first-order valence-electron chi connectivity index (χ1n) is 4.86. The average Bonchev–Trinajstić information content (AvgIpc) is 2.07. The first-order valence-corrected chi connectivity index (χ1v) is 4.86. The molecule has 3 nitrogen and oxygen atoms in total. The molecule has 1 unspecified atom stereocenters. The number of hydrogen-bond acceptors (Lipinski definition) is 2. The fraction of sp³-hybridized carbons (Fsp3) is 0.900. The van der Waals surface area contributed by atoms with Crippen LogP contribution in [-0.2, 0) is 9.53 Å². The summed E-state index contributed by atoms with van der Waals surface area (Å²) in [4.78, 5) is 13.1. The molecule has 0 aromatic heterocycles. The summed E-state index contributed by atoms with van der Waals surface area (Å²) in [7, 11) is 1.82. The molecule has 0 spiro atoms. The third-order valence-electron chi connectivity index (χ3n) is 2.72. The van der Waals surface area contributed by atoms with Crippen molar-refractivity contribution in [1.29, 1.82) is 0 Å². The summed E-state index contributed by atoms with van der Waals surface area (Å²) in [6.45, 7) is 6.92. The Morgan fingerprint density at radius 3 is 2.77 bits per heavy atom. The summed E-state index contributed by atoms with van der Waals surface area (Å²) in [5, 5.41) is 0. The number of hydrogen-bond donors (Lipinski definition) is 0. The third-order valence-corrected chi connectivity index (χ3v) is 2.72. The van der Waals surface area contributed by atoms with Crippen LogP contribution in [0.3, 0.4) is 0 Å². The molecule has 3 heteroatoms. The summed E-state index contributed by atoms with van der Waals surface area (Å²) >= 11 is 0. The maximum Gasteiger partial charge on any atom is 0.224 e. The van der Waals surface area contributed by atoms with E-state index in [1.54, 1.807) is 4.90 Å². The summed E-state index contributed by atoms with van der Waals surface area (Å²) in [5.74, 6) is 0.192. The van der Waals surface area contributed by atoms with Crippen LogP contribution >= 0.6 is 0 Å². The van der Waals surface area contributed by atoms with E-state index in [0.29, 0.717) is 13.0 Å². The van der Waals surface area contributed by atoms with E-state index in [1.165, 1.54) is 0 Å². The van der Waals surface area contributed by atoms with E-state index in [-0.39, 0.29) is 17.6 Å². The third kappa shape index (κ3) is 2.02. The van der Waals surface area contributed by atoms with Gasteiger partial charge in [0.05, 0.1) is 0 Å². The molecule has 0 aromatic carbocycles. The van der Waals surface area contributed by atoms with Crippen LogP contribution < -0.4 is 0 Å². The Morgan fingerprint density at radius 2 is 2.23 bits per heavy atom. The van der Waals surface area contributed by atoms with Gasteiger partial charge in [-0.25, -0.2) is 0 Å². The Kier molecular flexibility index (Phi) is 2.96. The van der Waals surface area contributed by atoms with Crippen LogP contribution in [0.5, 0.6) is 0 Å². The van der Waals surface area contributed by atoms with Crippen LogP contribution in [-0.4, -0.2) is 30.7 Å². The van der Waals surface area contributed by atoms with E-state index in [9.17, 15) is 4.79 Å². The van der Waals surface area contributed by atoms with Crippen LogP contribution in [0, 0.1) is 5.41 Å². The van der Waals surface area contributed by atoms with Crippen LogP contribution in [0.4, 0.5) is 0 Å². The van der Waals surface area contributed by atoms with Gasteiger partial charge in [0.25, 0.3) is 0 Å². The quantitative estimate of drug-likeness (QED) is 0.654. The number of likely N-dealkylation sites (tertiary alicyclic amines) is 1. The van der Waals surface area contributed by atoms with Crippen molar-refractivity contribution in [2.24, 2.45) is 5.41 Å². The molecule has 0 saturated carbocycles.